The Labute approximate surface area is 136 Å². The molecule has 118 valence electrons. The van der Waals surface area contributed by atoms with E-state index in [-0.39, 0.29) is 0 Å². The standard InChI is InChI=1S/C20H22N2O/c23-20(19-14-17-8-4-5-9-18(17)21-19)10-12-22(13-11-20)15-16-6-2-1-3-7-16/h1-9,14,21,23H,10-13,15H2. The third kappa shape index (κ3) is 2.90. The number of hydrogen-bond acceptors (Lipinski definition) is 2. The molecule has 3 aromatic rings. The number of rotatable bonds is 3. The van der Waals surface area contributed by atoms with Crippen molar-refractivity contribution in [2.75, 3.05) is 13.1 Å². The molecule has 0 bridgehead atoms. The molecule has 2 heterocycles. The average molecular weight is 306 g/mol. The van der Waals surface area contributed by atoms with Crippen molar-refractivity contribution in [3.05, 3.63) is 71.9 Å². The lowest BCUT2D eigenvalue weighted by Crippen LogP contribution is -2.42. The maximum Gasteiger partial charge on any atom is 0.107 e. The Balaban J connectivity index is 1.47. The number of aromatic amines is 1. The molecule has 2 N–H and O–H groups in total. The van der Waals surface area contributed by atoms with Crippen LogP contribution in [0.1, 0.15) is 24.1 Å². The van der Waals surface area contributed by atoms with Gasteiger partial charge in [0, 0.05) is 30.8 Å². The Bertz CT molecular complexity index is 753. The van der Waals surface area contributed by atoms with Crippen molar-refractivity contribution >= 4 is 10.9 Å². The van der Waals surface area contributed by atoms with Gasteiger partial charge in [-0.3, -0.25) is 4.90 Å². The molecule has 1 saturated heterocycles. The summed E-state index contributed by atoms with van der Waals surface area (Å²) in [6, 6.07) is 20.9. The molecule has 0 radical (unpaired) electrons. The second-order valence-electron chi connectivity index (χ2n) is 6.56. The van der Waals surface area contributed by atoms with Gasteiger partial charge in [0.2, 0.25) is 0 Å². The van der Waals surface area contributed by atoms with Gasteiger partial charge in [-0.05, 0) is 35.9 Å². The van der Waals surface area contributed by atoms with Crippen molar-refractivity contribution in [3.8, 4) is 0 Å². The van der Waals surface area contributed by atoms with Crippen molar-refractivity contribution in [1.82, 2.24) is 9.88 Å². The lowest BCUT2D eigenvalue weighted by atomic mass is 9.88. The van der Waals surface area contributed by atoms with Gasteiger partial charge in [0.05, 0.1) is 0 Å². The predicted molar refractivity (Wildman–Crippen MR) is 93.1 cm³/mol. The highest BCUT2D eigenvalue weighted by Gasteiger charge is 2.35. The van der Waals surface area contributed by atoms with E-state index in [0.29, 0.717) is 0 Å². The third-order valence-corrected chi connectivity index (χ3v) is 4.96. The van der Waals surface area contributed by atoms with Crippen molar-refractivity contribution in [2.45, 2.75) is 25.0 Å². The van der Waals surface area contributed by atoms with Gasteiger partial charge >= 0.3 is 0 Å². The predicted octanol–water partition coefficient (Wildman–Crippen LogP) is 3.65. The number of aromatic nitrogens is 1. The zero-order valence-electron chi connectivity index (χ0n) is 13.2. The van der Waals surface area contributed by atoms with Gasteiger partial charge in [-0.25, -0.2) is 0 Å². The number of aliphatic hydroxyl groups is 1. The fraction of sp³-hybridized carbons (Fsp3) is 0.300. The highest BCUT2D eigenvalue weighted by molar-refractivity contribution is 5.80. The Morgan fingerprint density at radius 3 is 2.39 bits per heavy atom. The molecule has 3 heteroatoms. The monoisotopic (exact) mass is 306 g/mol. The van der Waals surface area contributed by atoms with Crippen molar-refractivity contribution in [1.29, 1.82) is 0 Å². The minimum atomic E-state index is -0.730. The summed E-state index contributed by atoms with van der Waals surface area (Å²) >= 11 is 0. The molecule has 1 aliphatic rings. The summed E-state index contributed by atoms with van der Waals surface area (Å²) in [4.78, 5) is 5.82. The molecule has 23 heavy (non-hydrogen) atoms. The van der Waals surface area contributed by atoms with E-state index in [1.807, 2.05) is 18.2 Å². The lowest BCUT2D eigenvalue weighted by Gasteiger charge is -2.37. The Kier molecular flexibility index (Phi) is 3.68. The van der Waals surface area contributed by atoms with Crippen LogP contribution >= 0.6 is 0 Å². The van der Waals surface area contributed by atoms with E-state index in [1.54, 1.807) is 0 Å². The molecule has 0 saturated carbocycles. The van der Waals surface area contributed by atoms with Crippen LogP contribution in [0.5, 0.6) is 0 Å². The van der Waals surface area contributed by atoms with Crippen LogP contribution in [-0.2, 0) is 12.1 Å². The van der Waals surface area contributed by atoms with Crippen LogP contribution in [0.4, 0.5) is 0 Å². The van der Waals surface area contributed by atoms with Gasteiger partial charge < -0.3 is 10.1 Å². The summed E-state index contributed by atoms with van der Waals surface area (Å²) < 4.78 is 0. The van der Waals surface area contributed by atoms with E-state index in [9.17, 15) is 5.11 Å². The second-order valence-corrected chi connectivity index (χ2v) is 6.56. The molecular formula is C20H22N2O. The molecule has 1 fully saturated rings. The smallest absolute Gasteiger partial charge is 0.107 e. The van der Waals surface area contributed by atoms with Crippen LogP contribution in [0.15, 0.2) is 60.7 Å². The maximum atomic E-state index is 11.1. The summed E-state index contributed by atoms with van der Waals surface area (Å²) in [7, 11) is 0. The number of nitrogens with one attached hydrogen (secondary N) is 1. The molecule has 4 rings (SSSR count). The van der Waals surface area contributed by atoms with E-state index < -0.39 is 5.60 Å². The number of benzene rings is 2. The normalized spacial score (nSPS) is 18.3. The van der Waals surface area contributed by atoms with E-state index in [0.717, 1.165) is 43.7 Å². The van der Waals surface area contributed by atoms with Crippen molar-refractivity contribution < 1.29 is 5.11 Å². The van der Waals surface area contributed by atoms with Gasteiger partial charge in [-0.15, -0.1) is 0 Å². The van der Waals surface area contributed by atoms with Crippen molar-refractivity contribution in [3.63, 3.8) is 0 Å². The highest BCUT2D eigenvalue weighted by Crippen LogP contribution is 2.34. The lowest BCUT2D eigenvalue weighted by molar-refractivity contribution is -0.0305. The minimum Gasteiger partial charge on any atom is -0.384 e. The van der Waals surface area contributed by atoms with E-state index in [4.69, 9.17) is 0 Å². The van der Waals surface area contributed by atoms with E-state index in [1.165, 1.54) is 10.9 Å². The maximum absolute atomic E-state index is 11.1. The van der Waals surface area contributed by atoms with Gasteiger partial charge in [-0.1, -0.05) is 48.5 Å². The second kappa shape index (κ2) is 5.84. The number of para-hydroxylation sites is 1. The van der Waals surface area contributed by atoms with Crippen LogP contribution in [0.3, 0.4) is 0 Å². The number of fused-ring (bicyclic) bond motifs is 1. The molecule has 1 aromatic heterocycles. The van der Waals surface area contributed by atoms with Crippen molar-refractivity contribution in [2.24, 2.45) is 0 Å². The zero-order chi connectivity index (χ0) is 15.7. The summed E-state index contributed by atoms with van der Waals surface area (Å²) in [6.45, 7) is 2.80. The number of hydrogen-bond donors (Lipinski definition) is 2. The van der Waals surface area contributed by atoms with Gasteiger partial charge in [0.25, 0.3) is 0 Å². The molecule has 0 aliphatic carbocycles. The Hall–Kier alpha value is -2.10. The molecule has 0 spiro atoms. The SMILES string of the molecule is OC1(c2cc3ccccc3[nH]2)CCN(Cc2ccccc2)CC1. The number of H-pyrrole nitrogens is 1. The molecular weight excluding hydrogens is 284 g/mol. The Morgan fingerprint density at radius 1 is 0.957 bits per heavy atom. The topological polar surface area (TPSA) is 39.3 Å². The zero-order valence-corrected chi connectivity index (χ0v) is 13.2. The number of nitrogens with zero attached hydrogens (tertiary/aromatic N) is 1. The first-order valence-corrected chi connectivity index (χ1v) is 8.30. The first-order valence-electron chi connectivity index (χ1n) is 8.30. The molecule has 1 aliphatic heterocycles. The fourth-order valence-corrected chi connectivity index (χ4v) is 3.52. The summed E-state index contributed by atoms with van der Waals surface area (Å²) in [5.74, 6) is 0. The fourth-order valence-electron chi connectivity index (χ4n) is 3.52. The van der Waals surface area contributed by atoms with Crippen LogP contribution < -0.4 is 0 Å². The van der Waals surface area contributed by atoms with E-state index >= 15 is 0 Å². The third-order valence-electron chi connectivity index (χ3n) is 4.96. The first kappa shape index (κ1) is 14.5. The number of likely N-dealkylation sites (tertiary alicyclic amines) is 1. The molecule has 0 atom stereocenters. The van der Waals surface area contributed by atoms with Gasteiger partial charge in [0.1, 0.15) is 5.60 Å². The first-order chi connectivity index (χ1) is 11.2. The molecule has 3 nitrogen and oxygen atoms in total. The molecule has 0 unspecified atom stereocenters. The molecule has 2 aromatic carbocycles. The summed E-state index contributed by atoms with van der Waals surface area (Å²) in [6.07, 6.45) is 1.54. The van der Waals surface area contributed by atoms with Crippen LogP contribution in [0.25, 0.3) is 10.9 Å². The summed E-state index contributed by atoms with van der Waals surface area (Å²) in [5, 5.41) is 12.2. The van der Waals surface area contributed by atoms with Crippen LogP contribution in [0, 0.1) is 0 Å². The van der Waals surface area contributed by atoms with Crippen LogP contribution in [-0.4, -0.2) is 28.1 Å². The van der Waals surface area contributed by atoms with Gasteiger partial charge in [0.15, 0.2) is 0 Å². The quantitative estimate of drug-likeness (QED) is 0.775. The summed E-state index contributed by atoms with van der Waals surface area (Å²) in [5.41, 5.74) is 2.66. The molecule has 0 amide bonds. The van der Waals surface area contributed by atoms with Gasteiger partial charge in [-0.2, -0.15) is 0 Å². The average Bonchev–Trinajstić information content (AvgIpc) is 3.03. The Morgan fingerprint density at radius 2 is 1.65 bits per heavy atom. The largest absolute Gasteiger partial charge is 0.384 e. The van der Waals surface area contributed by atoms with E-state index in [2.05, 4.69) is 52.3 Å². The minimum absolute atomic E-state index is 0.730. The number of piperidine rings is 1. The van der Waals surface area contributed by atoms with Crippen LogP contribution in [0.2, 0.25) is 0 Å². The highest BCUT2D eigenvalue weighted by atomic mass is 16.3.